The Morgan fingerprint density at radius 2 is 1.82 bits per heavy atom. The normalized spacial score (nSPS) is 29.2. The maximum atomic E-state index is 10.2. The molecule has 0 aromatic rings. The molecule has 0 aromatic heterocycles. The highest BCUT2D eigenvalue weighted by atomic mass is 31.8. The van der Waals surface area contributed by atoms with E-state index in [9.17, 15) is 4.57 Å². The molecule has 0 saturated carbocycles. The minimum atomic E-state index is -1.59. The minimum Gasteiger partial charge on any atom is -0.334 e. The predicted molar refractivity (Wildman–Crippen MR) is 80.1 cm³/mol. The van der Waals surface area contributed by atoms with Gasteiger partial charge in [0, 0.05) is 12.6 Å². The lowest BCUT2D eigenvalue weighted by Crippen LogP contribution is -2.19. The van der Waals surface area contributed by atoms with Crippen LogP contribution < -0.4 is 0 Å². The first-order valence-corrected chi connectivity index (χ1v) is 11.5. The zero-order valence-corrected chi connectivity index (χ0v) is 14.2. The van der Waals surface area contributed by atoms with Crippen LogP contribution in [0.2, 0.25) is 0 Å². The van der Waals surface area contributed by atoms with Crippen LogP contribution in [0.3, 0.4) is 0 Å². The number of rotatable bonds is 4. The van der Waals surface area contributed by atoms with Crippen LogP contribution in [0.25, 0.3) is 0 Å². The van der Waals surface area contributed by atoms with Crippen LogP contribution >= 0.6 is 23.3 Å². The summed E-state index contributed by atoms with van der Waals surface area (Å²) in [5.41, 5.74) is 0. The molecule has 0 aromatic carbocycles. The van der Waals surface area contributed by atoms with Crippen LogP contribution in [0, 0.1) is 5.92 Å². The SMILES string of the molecule is CCCC1COP(C)(=P)OC1.CCC[P+](C)=O. The van der Waals surface area contributed by atoms with Gasteiger partial charge in [0.15, 0.2) is 0 Å². The first-order chi connectivity index (χ1) is 7.91. The van der Waals surface area contributed by atoms with Gasteiger partial charge in [0.2, 0.25) is 0 Å². The van der Waals surface area contributed by atoms with Gasteiger partial charge in [-0.05, 0) is 12.8 Å². The second-order valence-electron chi connectivity index (χ2n) is 4.44. The molecular formula is C11H26O3P3+. The first-order valence-electron chi connectivity index (χ1n) is 6.20. The summed E-state index contributed by atoms with van der Waals surface area (Å²) in [5, 5.41) is 0. The summed E-state index contributed by atoms with van der Waals surface area (Å²) in [5.74, 6) is 0.615. The highest BCUT2D eigenvalue weighted by Crippen LogP contribution is 2.53. The molecule has 17 heavy (non-hydrogen) atoms. The second kappa shape index (κ2) is 9.65. The molecular weight excluding hydrogens is 273 g/mol. The smallest absolute Gasteiger partial charge is 0.334 e. The fraction of sp³-hybridized carbons (Fsp3) is 1.00. The third-order valence-corrected chi connectivity index (χ3v) is 5.48. The van der Waals surface area contributed by atoms with Crippen molar-refractivity contribution in [1.29, 1.82) is 0 Å². The van der Waals surface area contributed by atoms with Gasteiger partial charge in [0.25, 0.3) is 0 Å². The summed E-state index contributed by atoms with van der Waals surface area (Å²) in [6, 6.07) is 0. The fourth-order valence-electron chi connectivity index (χ4n) is 1.47. The number of hydrogen-bond donors (Lipinski definition) is 0. The molecule has 0 N–H and O–H groups in total. The molecule has 0 spiro atoms. The van der Waals surface area contributed by atoms with Crippen molar-refractivity contribution in [2.45, 2.75) is 33.1 Å². The van der Waals surface area contributed by atoms with Gasteiger partial charge < -0.3 is 9.05 Å². The van der Waals surface area contributed by atoms with Crippen LogP contribution in [0.4, 0.5) is 0 Å². The molecule has 102 valence electrons. The van der Waals surface area contributed by atoms with E-state index in [2.05, 4.69) is 15.5 Å². The summed E-state index contributed by atoms with van der Waals surface area (Å²) in [6.07, 6.45) is 4.36. The quantitative estimate of drug-likeness (QED) is 0.697. The summed E-state index contributed by atoms with van der Waals surface area (Å²) in [4.78, 5) is 0. The summed E-state index contributed by atoms with van der Waals surface area (Å²) in [7, 11) is 1.05. The molecule has 1 unspecified atom stereocenters. The zero-order chi connectivity index (χ0) is 13.3. The molecule has 0 aliphatic carbocycles. The lowest BCUT2D eigenvalue weighted by atomic mass is 10.1. The van der Waals surface area contributed by atoms with Crippen molar-refractivity contribution < 1.29 is 13.6 Å². The molecule has 1 aliphatic heterocycles. The molecule has 1 fully saturated rings. The molecule has 6 heteroatoms. The van der Waals surface area contributed by atoms with E-state index in [1.807, 2.05) is 13.6 Å². The largest absolute Gasteiger partial charge is 0.335 e. The Bertz CT molecular complexity index is 257. The average Bonchev–Trinajstić information content (AvgIpc) is 2.22. The second-order valence-corrected chi connectivity index (χ2v) is 10.8. The molecule has 0 bridgehead atoms. The van der Waals surface area contributed by atoms with Crippen molar-refractivity contribution in [1.82, 2.24) is 0 Å². The van der Waals surface area contributed by atoms with Gasteiger partial charge in [0.05, 0.1) is 13.2 Å². The van der Waals surface area contributed by atoms with Crippen molar-refractivity contribution in [2.24, 2.45) is 5.92 Å². The highest BCUT2D eigenvalue weighted by Gasteiger charge is 2.21. The zero-order valence-electron chi connectivity index (χ0n) is 11.4. The van der Waals surface area contributed by atoms with Crippen molar-refractivity contribution >= 4 is 23.3 Å². The van der Waals surface area contributed by atoms with E-state index in [0.29, 0.717) is 5.92 Å². The first kappa shape index (κ1) is 17.8. The molecule has 1 rings (SSSR count). The van der Waals surface area contributed by atoms with Crippen molar-refractivity contribution in [3.63, 3.8) is 0 Å². The fourth-order valence-corrected chi connectivity index (χ4v) is 3.61. The molecule has 0 radical (unpaired) electrons. The van der Waals surface area contributed by atoms with Crippen molar-refractivity contribution in [2.75, 3.05) is 32.7 Å². The molecule has 0 amide bonds. The Morgan fingerprint density at radius 3 is 2.12 bits per heavy atom. The van der Waals surface area contributed by atoms with Crippen molar-refractivity contribution in [3.05, 3.63) is 0 Å². The highest BCUT2D eigenvalue weighted by molar-refractivity contribution is 7.92. The van der Waals surface area contributed by atoms with Gasteiger partial charge in [-0.3, -0.25) is 0 Å². The third-order valence-electron chi connectivity index (χ3n) is 2.35. The van der Waals surface area contributed by atoms with Gasteiger partial charge in [-0.1, -0.05) is 33.4 Å². The third kappa shape index (κ3) is 10.4. The number of hydrogen-bond acceptors (Lipinski definition) is 3. The van der Waals surface area contributed by atoms with Crippen LogP contribution in [0.15, 0.2) is 0 Å². The standard InChI is InChI=1S/C7H16O2P2.C4H10OP/c1-3-4-7-5-8-11(2,10)9-6-7;1-3-4-6(2)5/h7,10H,3-6H2,1-2H3;3-4H2,1-2H3/q;+1. The van der Waals surface area contributed by atoms with E-state index in [0.717, 1.165) is 25.8 Å². The van der Waals surface area contributed by atoms with E-state index < -0.39 is 14.8 Å². The summed E-state index contributed by atoms with van der Waals surface area (Å²) >= 11 is 0. The van der Waals surface area contributed by atoms with Gasteiger partial charge in [-0.2, -0.15) is 0 Å². The Kier molecular flexibility index (Phi) is 10.1. The van der Waals surface area contributed by atoms with Crippen LogP contribution in [0.1, 0.15) is 33.1 Å². The van der Waals surface area contributed by atoms with Crippen LogP contribution in [-0.2, 0) is 13.6 Å². The predicted octanol–water partition coefficient (Wildman–Crippen LogP) is 4.84. The molecule has 3 nitrogen and oxygen atoms in total. The van der Waals surface area contributed by atoms with Gasteiger partial charge >= 0.3 is 7.80 Å². The Balaban J connectivity index is 0.000000366. The Morgan fingerprint density at radius 1 is 1.29 bits per heavy atom. The maximum absolute atomic E-state index is 10.2. The van der Waals surface area contributed by atoms with Crippen LogP contribution in [0.5, 0.6) is 0 Å². The Labute approximate surface area is 109 Å². The monoisotopic (exact) mass is 299 g/mol. The molecule has 1 atom stereocenters. The average molecular weight is 299 g/mol. The van der Waals surface area contributed by atoms with Gasteiger partial charge in [0.1, 0.15) is 19.8 Å². The van der Waals surface area contributed by atoms with Crippen molar-refractivity contribution in [3.8, 4) is 0 Å². The van der Waals surface area contributed by atoms with E-state index in [1.165, 1.54) is 12.8 Å². The Hall–Kier alpha value is 0.750. The maximum Gasteiger partial charge on any atom is 0.335 e. The van der Waals surface area contributed by atoms with Crippen LogP contribution in [-0.4, -0.2) is 32.7 Å². The van der Waals surface area contributed by atoms with E-state index in [-0.39, 0.29) is 0 Å². The lowest BCUT2D eigenvalue weighted by molar-refractivity contribution is 0.114. The van der Waals surface area contributed by atoms with E-state index in [4.69, 9.17) is 9.05 Å². The summed E-state index contributed by atoms with van der Waals surface area (Å²) < 4.78 is 21.3. The van der Waals surface area contributed by atoms with Gasteiger partial charge in [-0.25, -0.2) is 0 Å². The van der Waals surface area contributed by atoms with E-state index in [1.54, 1.807) is 6.66 Å². The molecule has 1 saturated heterocycles. The molecule has 1 aliphatic rings. The lowest BCUT2D eigenvalue weighted by Gasteiger charge is -2.30. The van der Waals surface area contributed by atoms with E-state index >= 15 is 0 Å². The van der Waals surface area contributed by atoms with Gasteiger partial charge in [-0.15, -0.1) is 0 Å². The molecule has 1 heterocycles. The minimum absolute atomic E-state index is 0.615. The topological polar surface area (TPSA) is 35.5 Å². The summed E-state index contributed by atoms with van der Waals surface area (Å²) in [6.45, 7) is 9.71.